The van der Waals surface area contributed by atoms with Gasteiger partial charge in [-0.3, -0.25) is 14.9 Å². The van der Waals surface area contributed by atoms with Gasteiger partial charge in [0.05, 0.1) is 15.6 Å². The van der Waals surface area contributed by atoms with E-state index in [0.717, 1.165) is 21.3 Å². The summed E-state index contributed by atoms with van der Waals surface area (Å²) in [4.78, 5) is 29.2. The molecule has 0 bridgehead atoms. The van der Waals surface area contributed by atoms with Crippen molar-refractivity contribution in [1.82, 2.24) is 4.98 Å². The number of anilines is 1. The summed E-state index contributed by atoms with van der Waals surface area (Å²) in [5.41, 5.74) is 2.74. The lowest BCUT2D eigenvalue weighted by molar-refractivity contribution is 0.0997. The Morgan fingerprint density at radius 3 is 2.81 bits per heavy atom. The molecule has 0 spiro atoms. The van der Waals surface area contributed by atoms with Crippen LogP contribution in [0.1, 0.15) is 21.7 Å². The van der Waals surface area contributed by atoms with E-state index in [2.05, 4.69) is 10.3 Å². The molecular weight excluding hydrogens is 372 g/mol. The summed E-state index contributed by atoms with van der Waals surface area (Å²) in [6.45, 7) is 3.79. The van der Waals surface area contributed by atoms with Crippen LogP contribution in [0.25, 0.3) is 21.2 Å². The molecule has 4 aromatic rings. The maximum atomic E-state index is 12.5. The molecule has 1 amide bonds. The van der Waals surface area contributed by atoms with Crippen LogP contribution in [-0.4, -0.2) is 10.9 Å². The molecule has 0 aliphatic carbocycles. The van der Waals surface area contributed by atoms with Gasteiger partial charge in [0.2, 0.25) is 0 Å². The SMILES string of the molecule is Cc1ccc2c(=O)cc(C(=O)Nc3nc4ccc(Cl)cc4s3)oc2c1C. The monoisotopic (exact) mass is 384 g/mol. The van der Waals surface area contributed by atoms with Gasteiger partial charge in [-0.25, -0.2) is 4.98 Å². The molecule has 0 atom stereocenters. The first-order valence-corrected chi connectivity index (χ1v) is 9.03. The average Bonchev–Trinajstić information content (AvgIpc) is 2.99. The highest BCUT2D eigenvalue weighted by atomic mass is 35.5. The lowest BCUT2D eigenvalue weighted by atomic mass is 10.1. The standard InChI is InChI=1S/C19H13ClN2O3S/c1-9-3-5-12-14(23)8-15(25-17(12)10(9)2)18(24)22-19-21-13-6-4-11(20)7-16(13)26-19/h3-8H,1-2H3,(H,21,22,24). The van der Waals surface area contributed by atoms with Crippen LogP contribution in [0.4, 0.5) is 5.13 Å². The number of rotatable bonds is 2. The van der Waals surface area contributed by atoms with Gasteiger partial charge in [-0.1, -0.05) is 29.0 Å². The number of aromatic nitrogens is 1. The number of hydrogen-bond donors (Lipinski definition) is 1. The lowest BCUT2D eigenvalue weighted by Crippen LogP contribution is -2.15. The van der Waals surface area contributed by atoms with Crippen LogP contribution in [0.3, 0.4) is 0 Å². The van der Waals surface area contributed by atoms with Gasteiger partial charge in [0.15, 0.2) is 16.3 Å². The molecular formula is C19H13ClN2O3S. The first-order chi connectivity index (χ1) is 12.4. The Morgan fingerprint density at radius 1 is 1.19 bits per heavy atom. The van der Waals surface area contributed by atoms with Gasteiger partial charge in [-0.05, 0) is 49.2 Å². The number of aryl methyl sites for hydroxylation is 2. The molecule has 7 heteroatoms. The highest BCUT2D eigenvalue weighted by Gasteiger charge is 2.16. The number of nitrogens with one attached hydrogen (secondary N) is 1. The number of benzene rings is 2. The van der Waals surface area contributed by atoms with Gasteiger partial charge in [-0.15, -0.1) is 0 Å². The summed E-state index contributed by atoms with van der Waals surface area (Å²) in [6, 6.07) is 10.1. The van der Waals surface area contributed by atoms with E-state index in [-0.39, 0.29) is 11.2 Å². The zero-order valence-corrected chi connectivity index (χ0v) is 15.5. The molecule has 0 fully saturated rings. The van der Waals surface area contributed by atoms with E-state index in [0.29, 0.717) is 21.1 Å². The Balaban J connectivity index is 1.73. The molecule has 4 rings (SSSR count). The Bertz CT molecular complexity index is 1240. The number of thiazole rings is 1. The summed E-state index contributed by atoms with van der Waals surface area (Å²) < 4.78 is 6.59. The molecule has 2 heterocycles. The Kier molecular flexibility index (Phi) is 4.01. The number of hydrogen-bond acceptors (Lipinski definition) is 5. The summed E-state index contributed by atoms with van der Waals surface area (Å²) in [7, 11) is 0. The molecule has 0 aliphatic heterocycles. The molecule has 0 saturated heterocycles. The lowest BCUT2D eigenvalue weighted by Gasteiger charge is -2.06. The Morgan fingerprint density at radius 2 is 2.00 bits per heavy atom. The highest BCUT2D eigenvalue weighted by molar-refractivity contribution is 7.22. The smallest absolute Gasteiger partial charge is 0.293 e. The molecule has 2 aromatic carbocycles. The fourth-order valence-corrected chi connectivity index (χ4v) is 3.81. The summed E-state index contributed by atoms with van der Waals surface area (Å²) in [6.07, 6.45) is 0. The van der Waals surface area contributed by atoms with Crippen LogP contribution < -0.4 is 10.7 Å². The van der Waals surface area contributed by atoms with E-state index < -0.39 is 5.91 Å². The number of fused-ring (bicyclic) bond motifs is 2. The van der Waals surface area contributed by atoms with Crippen LogP contribution in [0.15, 0.2) is 45.6 Å². The Labute approximate surface area is 157 Å². The van der Waals surface area contributed by atoms with Crippen molar-refractivity contribution in [3.8, 4) is 0 Å². The van der Waals surface area contributed by atoms with Crippen molar-refractivity contribution >= 4 is 55.2 Å². The molecule has 0 saturated carbocycles. The van der Waals surface area contributed by atoms with Gasteiger partial charge in [0.1, 0.15) is 5.58 Å². The van der Waals surface area contributed by atoms with Crippen molar-refractivity contribution in [2.45, 2.75) is 13.8 Å². The average molecular weight is 385 g/mol. The van der Waals surface area contributed by atoms with Gasteiger partial charge >= 0.3 is 0 Å². The normalized spacial score (nSPS) is 11.2. The Hall–Kier alpha value is -2.70. The first-order valence-electron chi connectivity index (χ1n) is 7.84. The molecule has 1 N–H and O–H groups in total. The molecule has 0 radical (unpaired) electrons. The van der Waals surface area contributed by atoms with E-state index >= 15 is 0 Å². The minimum atomic E-state index is -0.518. The molecule has 2 aromatic heterocycles. The number of halogens is 1. The van der Waals surface area contributed by atoms with Crippen molar-refractivity contribution in [1.29, 1.82) is 0 Å². The third-order valence-corrected chi connectivity index (χ3v) is 5.38. The number of carbonyl (C=O) groups excluding carboxylic acids is 1. The van der Waals surface area contributed by atoms with Crippen LogP contribution in [0.5, 0.6) is 0 Å². The minimum absolute atomic E-state index is 0.0477. The summed E-state index contributed by atoms with van der Waals surface area (Å²) in [5.74, 6) is -0.566. The maximum absolute atomic E-state index is 12.5. The van der Waals surface area contributed by atoms with Crippen LogP contribution >= 0.6 is 22.9 Å². The van der Waals surface area contributed by atoms with E-state index in [4.69, 9.17) is 16.0 Å². The van der Waals surface area contributed by atoms with Crippen molar-refractivity contribution in [3.63, 3.8) is 0 Å². The number of carbonyl (C=O) groups is 1. The van der Waals surface area contributed by atoms with E-state index in [1.807, 2.05) is 19.9 Å². The van der Waals surface area contributed by atoms with E-state index in [1.165, 1.54) is 17.4 Å². The van der Waals surface area contributed by atoms with Gasteiger partial charge in [0.25, 0.3) is 5.91 Å². The van der Waals surface area contributed by atoms with Crippen LogP contribution in [0, 0.1) is 13.8 Å². The predicted octanol–water partition coefficient (Wildman–Crippen LogP) is 4.93. The third kappa shape index (κ3) is 2.87. The van der Waals surface area contributed by atoms with Gasteiger partial charge in [-0.2, -0.15) is 0 Å². The first kappa shape index (κ1) is 16.8. The van der Waals surface area contributed by atoms with Crippen molar-refractivity contribution in [3.05, 3.63) is 68.5 Å². The topological polar surface area (TPSA) is 72.2 Å². The third-order valence-electron chi connectivity index (χ3n) is 4.21. The molecule has 5 nitrogen and oxygen atoms in total. The summed E-state index contributed by atoms with van der Waals surface area (Å²) >= 11 is 7.27. The van der Waals surface area contributed by atoms with Crippen molar-refractivity contribution in [2.24, 2.45) is 0 Å². The highest BCUT2D eigenvalue weighted by Crippen LogP contribution is 2.28. The maximum Gasteiger partial charge on any atom is 0.293 e. The predicted molar refractivity (Wildman–Crippen MR) is 105 cm³/mol. The number of amides is 1. The second-order valence-electron chi connectivity index (χ2n) is 5.94. The van der Waals surface area contributed by atoms with Crippen molar-refractivity contribution in [2.75, 3.05) is 5.32 Å². The minimum Gasteiger partial charge on any atom is -0.450 e. The fraction of sp³-hybridized carbons (Fsp3) is 0.105. The molecule has 26 heavy (non-hydrogen) atoms. The molecule has 0 aliphatic rings. The van der Waals surface area contributed by atoms with Crippen LogP contribution in [0.2, 0.25) is 5.02 Å². The van der Waals surface area contributed by atoms with Crippen LogP contribution in [-0.2, 0) is 0 Å². The van der Waals surface area contributed by atoms with E-state index in [9.17, 15) is 9.59 Å². The van der Waals surface area contributed by atoms with E-state index in [1.54, 1.807) is 24.3 Å². The quantitative estimate of drug-likeness (QED) is 0.532. The largest absolute Gasteiger partial charge is 0.450 e. The van der Waals surface area contributed by atoms with Gasteiger partial charge < -0.3 is 4.42 Å². The molecule has 130 valence electrons. The van der Waals surface area contributed by atoms with Gasteiger partial charge in [0, 0.05) is 11.1 Å². The van der Waals surface area contributed by atoms with Crippen molar-refractivity contribution < 1.29 is 9.21 Å². The second kappa shape index (κ2) is 6.23. The zero-order valence-electron chi connectivity index (χ0n) is 13.9. The number of nitrogens with zero attached hydrogens (tertiary/aromatic N) is 1. The summed E-state index contributed by atoms with van der Waals surface area (Å²) in [5, 5.41) is 4.16. The molecule has 0 unspecified atom stereocenters. The second-order valence-corrected chi connectivity index (χ2v) is 7.41. The zero-order chi connectivity index (χ0) is 18.4. The fourth-order valence-electron chi connectivity index (χ4n) is 2.67.